The van der Waals surface area contributed by atoms with Gasteiger partial charge in [0.15, 0.2) is 5.82 Å². The van der Waals surface area contributed by atoms with Crippen LogP contribution in [0.5, 0.6) is 0 Å². The Morgan fingerprint density at radius 2 is 2.29 bits per heavy atom. The molecule has 0 bridgehead atoms. The van der Waals surface area contributed by atoms with Crippen molar-refractivity contribution in [1.82, 2.24) is 15.5 Å². The lowest BCUT2D eigenvalue weighted by Crippen LogP contribution is -2.45. The first-order chi connectivity index (χ1) is 8.04. The van der Waals surface area contributed by atoms with Gasteiger partial charge in [0, 0.05) is 13.0 Å². The van der Waals surface area contributed by atoms with E-state index in [1.54, 1.807) is 6.92 Å². The summed E-state index contributed by atoms with van der Waals surface area (Å²) in [6.45, 7) is 6.19. The molecule has 3 N–H and O–H groups in total. The van der Waals surface area contributed by atoms with Crippen LogP contribution in [0, 0.1) is 12.8 Å². The number of nitrogens with zero attached hydrogens (tertiary/aromatic N) is 2. The zero-order valence-electron chi connectivity index (χ0n) is 10.6. The first kappa shape index (κ1) is 13.6. The van der Waals surface area contributed by atoms with Gasteiger partial charge in [0.05, 0.1) is 6.04 Å². The molecule has 1 aromatic rings. The van der Waals surface area contributed by atoms with Crippen LogP contribution < -0.4 is 11.1 Å². The van der Waals surface area contributed by atoms with E-state index in [9.17, 15) is 4.79 Å². The molecule has 0 radical (unpaired) electrons. The molecule has 1 rings (SSSR count). The quantitative estimate of drug-likeness (QED) is 0.751. The van der Waals surface area contributed by atoms with E-state index in [1.807, 2.05) is 13.8 Å². The van der Waals surface area contributed by atoms with Crippen molar-refractivity contribution in [2.75, 3.05) is 6.54 Å². The van der Waals surface area contributed by atoms with E-state index in [4.69, 9.17) is 10.3 Å². The molecule has 0 aliphatic rings. The number of aromatic nitrogens is 2. The molecule has 96 valence electrons. The number of carbonyl (C=O) groups is 1. The van der Waals surface area contributed by atoms with Crippen molar-refractivity contribution in [2.45, 2.75) is 39.7 Å². The molecule has 6 nitrogen and oxygen atoms in total. The number of nitrogens with two attached hydrogens (primary N) is 1. The van der Waals surface area contributed by atoms with Gasteiger partial charge in [-0.05, 0) is 12.8 Å². The summed E-state index contributed by atoms with van der Waals surface area (Å²) in [5.41, 5.74) is 5.79. The Balaban J connectivity index is 2.29. The summed E-state index contributed by atoms with van der Waals surface area (Å²) in [6.07, 6.45) is 1.41. The standard InChI is InChI=1S/C11H20N4O2/c1-4-7(2)10(12)11(16)13-6-5-9-14-8(3)15-17-9/h7,10H,4-6,12H2,1-3H3,(H,13,16)/t7?,10-/m0/s1. The SMILES string of the molecule is CCC(C)[C@H](N)C(=O)NCCc1nc(C)no1. The molecule has 1 heterocycles. The van der Waals surface area contributed by atoms with Gasteiger partial charge >= 0.3 is 0 Å². The molecule has 0 aliphatic heterocycles. The molecular formula is C11H20N4O2. The van der Waals surface area contributed by atoms with Crippen LogP contribution in [0.2, 0.25) is 0 Å². The predicted octanol–water partition coefficient (Wildman–Crippen LogP) is 0.410. The van der Waals surface area contributed by atoms with E-state index in [0.29, 0.717) is 24.7 Å². The summed E-state index contributed by atoms with van der Waals surface area (Å²) in [5.74, 6) is 1.18. The van der Waals surface area contributed by atoms with E-state index in [0.717, 1.165) is 6.42 Å². The summed E-state index contributed by atoms with van der Waals surface area (Å²) in [4.78, 5) is 15.7. The number of carbonyl (C=O) groups excluding carboxylic acids is 1. The number of hydrogen-bond donors (Lipinski definition) is 2. The highest BCUT2D eigenvalue weighted by molar-refractivity contribution is 5.81. The lowest BCUT2D eigenvalue weighted by atomic mass is 9.99. The van der Waals surface area contributed by atoms with E-state index in [1.165, 1.54) is 0 Å². The first-order valence-electron chi connectivity index (χ1n) is 5.87. The highest BCUT2D eigenvalue weighted by atomic mass is 16.5. The molecule has 2 atom stereocenters. The van der Waals surface area contributed by atoms with Gasteiger partial charge in [0.25, 0.3) is 0 Å². The second kappa shape index (κ2) is 6.34. The maximum Gasteiger partial charge on any atom is 0.237 e. The van der Waals surface area contributed by atoms with Gasteiger partial charge in [0.1, 0.15) is 0 Å². The molecule has 1 unspecified atom stereocenters. The van der Waals surface area contributed by atoms with Gasteiger partial charge in [-0.15, -0.1) is 0 Å². The van der Waals surface area contributed by atoms with Crippen molar-refractivity contribution in [3.63, 3.8) is 0 Å². The monoisotopic (exact) mass is 240 g/mol. The fourth-order valence-corrected chi connectivity index (χ4v) is 1.36. The van der Waals surface area contributed by atoms with Crippen LogP contribution in [-0.2, 0) is 11.2 Å². The van der Waals surface area contributed by atoms with Crippen molar-refractivity contribution in [2.24, 2.45) is 11.7 Å². The normalized spacial score (nSPS) is 14.4. The molecule has 0 saturated heterocycles. The van der Waals surface area contributed by atoms with Gasteiger partial charge < -0.3 is 15.6 Å². The van der Waals surface area contributed by atoms with Crippen molar-refractivity contribution in [1.29, 1.82) is 0 Å². The maximum absolute atomic E-state index is 11.6. The summed E-state index contributed by atoms with van der Waals surface area (Å²) in [5, 5.41) is 6.43. The van der Waals surface area contributed by atoms with Crippen LogP contribution in [0.25, 0.3) is 0 Å². The lowest BCUT2D eigenvalue weighted by Gasteiger charge is -2.17. The molecule has 6 heteroatoms. The molecule has 0 aliphatic carbocycles. The van der Waals surface area contributed by atoms with Crippen LogP contribution in [0.15, 0.2) is 4.52 Å². The summed E-state index contributed by atoms with van der Waals surface area (Å²) < 4.78 is 4.93. The average molecular weight is 240 g/mol. The minimum atomic E-state index is -0.454. The summed E-state index contributed by atoms with van der Waals surface area (Å²) in [7, 11) is 0. The molecule has 17 heavy (non-hydrogen) atoms. The highest BCUT2D eigenvalue weighted by Crippen LogP contribution is 2.05. The van der Waals surface area contributed by atoms with Crippen molar-refractivity contribution < 1.29 is 9.32 Å². The summed E-state index contributed by atoms with van der Waals surface area (Å²) in [6, 6.07) is -0.454. The molecule has 0 saturated carbocycles. The minimum Gasteiger partial charge on any atom is -0.354 e. The zero-order valence-corrected chi connectivity index (χ0v) is 10.6. The Morgan fingerprint density at radius 1 is 1.59 bits per heavy atom. The van der Waals surface area contributed by atoms with Crippen LogP contribution in [0.4, 0.5) is 0 Å². The third-order valence-electron chi connectivity index (χ3n) is 2.77. The van der Waals surface area contributed by atoms with Crippen molar-refractivity contribution in [3.05, 3.63) is 11.7 Å². The maximum atomic E-state index is 11.6. The van der Waals surface area contributed by atoms with Crippen molar-refractivity contribution >= 4 is 5.91 Å². The molecular weight excluding hydrogens is 220 g/mol. The number of rotatable bonds is 6. The predicted molar refractivity (Wildman–Crippen MR) is 63.2 cm³/mol. The Labute approximate surface area is 101 Å². The molecule has 1 aromatic heterocycles. The van der Waals surface area contributed by atoms with Crippen LogP contribution >= 0.6 is 0 Å². The average Bonchev–Trinajstić information content (AvgIpc) is 2.72. The Morgan fingerprint density at radius 3 is 2.82 bits per heavy atom. The zero-order chi connectivity index (χ0) is 12.8. The third-order valence-corrected chi connectivity index (χ3v) is 2.77. The minimum absolute atomic E-state index is 0.129. The lowest BCUT2D eigenvalue weighted by molar-refractivity contribution is -0.123. The van der Waals surface area contributed by atoms with Gasteiger partial charge in [-0.1, -0.05) is 25.4 Å². The molecule has 0 spiro atoms. The number of hydrogen-bond acceptors (Lipinski definition) is 5. The van der Waals surface area contributed by atoms with Gasteiger partial charge in [-0.3, -0.25) is 4.79 Å². The topological polar surface area (TPSA) is 94.0 Å². The van der Waals surface area contributed by atoms with E-state index >= 15 is 0 Å². The Kier molecular flexibility index (Phi) is 5.09. The van der Waals surface area contributed by atoms with Gasteiger partial charge in [-0.25, -0.2) is 0 Å². The van der Waals surface area contributed by atoms with Crippen LogP contribution in [-0.4, -0.2) is 28.6 Å². The number of aryl methyl sites for hydroxylation is 1. The van der Waals surface area contributed by atoms with Gasteiger partial charge in [-0.2, -0.15) is 4.98 Å². The largest absolute Gasteiger partial charge is 0.354 e. The summed E-state index contributed by atoms with van der Waals surface area (Å²) >= 11 is 0. The number of amides is 1. The molecule has 1 amide bonds. The second-order valence-electron chi connectivity index (χ2n) is 4.19. The Hall–Kier alpha value is -1.43. The van der Waals surface area contributed by atoms with E-state index in [-0.39, 0.29) is 11.8 Å². The fraction of sp³-hybridized carbons (Fsp3) is 0.727. The van der Waals surface area contributed by atoms with E-state index in [2.05, 4.69) is 15.5 Å². The van der Waals surface area contributed by atoms with E-state index < -0.39 is 6.04 Å². The van der Waals surface area contributed by atoms with Crippen molar-refractivity contribution in [3.8, 4) is 0 Å². The smallest absolute Gasteiger partial charge is 0.237 e. The van der Waals surface area contributed by atoms with Crippen LogP contribution in [0.1, 0.15) is 32.0 Å². The Bertz CT molecular complexity index is 364. The molecule has 0 aromatic carbocycles. The van der Waals surface area contributed by atoms with Crippen LogP contribution in [0.3, 0.4) is 0 Å². The second-order valence-corrected chi connectivity index (χ2v) is 4.19. The highest BCUT2D eigenvalue weighted by Gasteiger charge is 2.18. The fourth-order valence-electron chi connectivity index (χ4n) is 1.36. The van der Waals surface area contributed by atoms with Gasteiger partial charge in [0.2, 0.25) is 11.8 Å². The first-order valence-corrected chi connectivity index (χ1v) is 5.87. The number of nitrogens with one attached hydrogen (secondary N) is 1. The molecule has 0 fully saturated rings. The third kappa shape index (κ3) is 4.14.